The lowest BCUT2D eigenvalue weighted by Crippen LogP contribution is -2.35. The van der Waals surface area contributed by atoms with Gasteiger partial charge in [0.1, 0.15) is 11.6 Å². The average molecular weight is 268 g/mol. The summed E-state index contributed by atoms with van der Waals surface area (Å²) in [6.07, 6.45) is 0.891. The summed E-state index contributed by atoms with van der Waals surface area (Å²) in [6, 6.07) is 4.38. The maximum absolute atomic E-state index is 13.8. The minimum absolute atomic E-state index is 0.0935. The van der Waals surface area contributed by atoms with Crippen LogP contribution in [0.25, 0.3) is 0 Å². The Kier molecular flexibility index (Phi) is 6.29. The molecule has 1 amide bonds. The predicted molar refractivity (Wildman–Crippen MR) is 72.7 cm³/mol. The van der Waals surface area contributed by atoms with Crippen molar-refractivity contribution in [3.63, 3.8) is 0 Å². The van der Waals surface area contributed by atoms with Crippen LogP contribution in [0.15, 0.2) is 18.2 Å². The molecule has 0 aromatic heterocycles. The number of hydrogen-bond acceptors (Lipinski definition) is 3. The predicted octanol–water partition coefficient (Wildman–Crippen LogP) is 2.01. The number of nitrogens with one attached hydrogen (secondary N) is 2. The summed E-state index contributed by atoms with van der Waals surface area (Å²) in [4.78, 5) is 11.5. The Balaban J connectivity index is 2.63. The molecule has 0 heterocycles. The van der Waals surface area contributed by atoms with Gasteiger partial charge in [-0.3, -0.25) is 4.79 Å². The van der Waals surface area contributed by atoms with Gasteiger partial charge in [0.05, 0.1) is 13.7 Å². The van der Waals surface area contributed by atoms with Crippen LogP contribution >= 0.6 is 0 Å². The van der Waals surface area contributed by atoms with E-state index in [2.05, 4.69) is 10.6 Å². The van der Waals surface area contributed by atoms with E-state index >= 15 is 0 Å². The highest BCUT2D eigenvalue weighted by atomic mass is 19.1. The fourth-order valence-corrected chi connectivity index (χ4v) is 1.79. The molecule has 0 fully saturated rings. The molecule has 1 rings (SSSR count). The van der Waals surface area contributed by atoms with Gasteiger partial charge in [0.2, 0.25) is 5.91 Å². The SMILES string of the molecule is CCCNC(=O)CNC(C)c1c(F)cccc1OC. The summed E-state index contributed by atoms with van der Waals surface area (Å²) in [6.45, 7) is 4.59. The first-order valence-corrected chi connectivity index (χ1v) is 6.42. The number of halogens is 1. The van der Waals surface area contributed by atoms with Crippen molar-refractivity contribution in [1.29, 1.82) is 0 Å². The molecule has 0 bridgehead atoms. The van der Waals surface area contributed by atoms with Gasteiger partial charge in [0.15, 0.2) is 0 Å². The van der Waals surface area contributed by atoms with Crippen LogP contribution in [0.1, 0.15) is 31.9 Å². The molecule has 5 heteroatoms. The molecule has 19 heavy (non-hydrogen) atoms. The van der Waals surface area contributed by atoms with Crippen LogP contribution in [-0.4, -0.2) is 26.1 Å². The van der Waals surface area contributed by atoms with E-state index in [0.29, 0.717) is 17.9 Å². The molecule has 0 aliphatic carbocycles. The van der Waals surface area contributed by atoms with Crippen molar-refractivity contribution in [2.24, 2.45) is 0 Å². The molecule has 0 saturated heterocycles. The highest BCUT2D eigenvalue weighted by Gasteiger charge is 2.16. The molecule has 0 spiro atoms. The average Bonchev–Trinajstić information content (AvgIpc) is 2.42. The van der Waals surface area contributed by atoms with Gasteiger partial charge >= 0.3 is 0 Å². The molecule has 1 aromatic carbocycles. The van der Waals surface area contributed by atoms with E-state index in [9.17, 15) is 9.18 Å². The van der Waals surface area contributed by atoms with Crippen LogP contribution in [-0.2, 0) is 4.79 Å². The lowest BCUT2D eigenvalue weighted by molar-refractivity contribution is -0.120. The Labute approximate surface area is 113 Å². The van der Waals surface area contributed by atoms with Crippen molar-refractivity contribution < 1.29 is 13.9 Å². The number of benzene rings is 1. The monoisotopic (exact) mass is 268 g/mol. The molecule has 2 N–H and O–H groups in total. The summed E-state index contributed by atoms with van der Waals surface area (Å²) in [5, 5.41) is 5.75. The zero-order valence-electron chi connectivity index (χ0n) is 11.6. The van der Waals surface area contributed by atoms with Gasteiger partial charge < -0.3 is 15.4 Å². The maximum atomic E-state index is 13.8. The summed E-state index contributed by atoms with van der Waals surface area (Å²) >= 11 is 0. The molecular formula is C14H21FN2O2. The number of rotatable bonds is 7. The van der Waals surface area contributed by atoms with Gasteiger partial charge in [-0.25, -0.2) is 4.39 Å². The molecule has 1 atom stereocenters. The smallest absolute Gasteiger partial charge is 0.233 e. The first kappa shape index (κ1) is 15.4. The van der Waals surface area contributed by atoms with E-state index in [1.807, 2.05) is 6.92 Å². The van der Waals surface area contributed by atoms with Gasteiger partial charge in [-0.1, -0.05) is 13.0 Å². The lowest BCUT2D eigenvalue weighted by atomic mass is 10.1. The van der Waals surface area contributed by atoms with E-state index in [1.54, 1.807) is 19.1 Å². The second-order valence-corrected chi connectivity index (χ2v) is 4.31. The third-order valence-electron chi connectivity index (χ3n) is 2.81. The maximum Gasteiger partial charge on any atom is 0.233 e. The van der Waals surface area contributed by atoms with Crippen molar-refractivity contribution in [2.75, 3.05) is 20.2 Å². The normalized spacial score (nSPS) is 12.0. The molecule has 0 saturated carbocycles. The Morgan fingerprint density at radius 1 is 1.47 bits per heavy atom. The highest BCUT2D eigenvalue weighted by Crippen LogP contribution is 2.27. The molecule has 0 aliphatic heterocycles. The van der Waals surface area contributed by atoms with Gasteiger partial charge in [-0.05, 0) is 25.5 Å². The van der Waals surface area contributed by atoms with E-state index < -0.39 is 0 Å². The number of carbonyl (C=O) groups excluding carboxylic acids is 1. The molecule has 0 aliphatic rings. The minimum Gasteiger partial charge on any atom is -0.496 e. The molecule has 4 nitrogen and oxygen atoms in total. The molecule has 1 unspecified atom stereocenters. The van der Waals surface area contributed by atoms with Crippen LogP contribution in [0, 0.1) is 5.82 Å². The molecule has 106 valence electrons. The number of methoxy groups -OCH3 is 1. The van der Waals surface area contributed by atoms with Crippen molar-refractivity contribution >= 4 is 5.91 Å². The standard InChI is InChI=1S/C14H21FN2O2/c1-4-8-16-13(18)9-17-10(2)14-11(15)6-5-7-12(14)19-3/h5-7,10,17H,4,8-9H2,1-3H3,(H,16,18). The van der Waals surface area contributed by atoms with E-state index in [-0.39, 0.29) is 24.3 Å². The summed E-state index contributed by atoms with van der Waals surface area (Å²) in [5.74, 6) is 0.0475. The number of hydrogen-bond donors (Lipinski definition) is 2. The second kappa shape index (κ2) is 7.74. The first-order chi connectivity index (χ1) is 9.10. The van der Waals surface area contributed by atoms with Crippen LogP contribution in [0.4, 0.5) is 4.39 Å². The van der Waals surface area contributed by atoms with E-state index in [0.717, 1.165) is 6.42 Å². The van der Waals surface area contributed by atoms with Crippen molar-refractivity contribution in [3.8, 4) is 5.75 Å². The molecular weight excluding hydrogens is 247 g/mol. The fourth-order valence-electron chi connectivity index (χ4n) is 1.79. The molecule has 1 aromatic rings. The number of ether oxygens (including phenoxy) is 1. The van der Waals surface area contributed by atoms with Crippen LogP contribution in [0.5, 0.6) is 5.75 Å². The zero-order chi connectivity index (χ0) is 14.3. The number of amides is 1. The summed E-state index contributed by atoms with van der Waals surface area (Å²) in [5.41, 5.74) is 0.438. The van der Waals surface area contributed by atoms with Crippen LogP contribution in [0.2, 0.25) is 0 Å². The summed E-state index contributed by atoms with van der Waals surface area (Å²) in [7, 11) is 1.50. The number of carbonyl (C=O) groups is 1. The quantitative estimate of drug-likeness (QED) is 0.795. The minimum atomic E-state index is -0.340. The van der Waals surface area contributed by atoms with Gasteiger partial charge in [-0.15, -0.1) is 0 Å². The Bertz CT molecular complexity index is 424. The Morgan fingerprint density at radius 3 is 2.84 bits per heavy atom. The Hall–Kier alpha value is -1.62. The van der Waals surface area contributed by atoms with Crippen molar-refractivity contribution in [1.82, 2.24) is 10.6 Å². The third-order valence-corrected chi connectivity index (χ3v) is 2.81. The van der Waals surface area contributed by atoms with Gasteiger partial charge in [0.25, 0.3) is 0 Å². The summed E-state index contributed by atoms with van der Waals surface area (Å²) < 4.78 is 18.9. The van der Waals surface area contributed by atoms with Crippen LogP contribution < -0.4 is 15.4 Å². The Morgan fingerprint density at radius 2 is 2.21 bits per heavy atom. The van der Waals surface area contributed by atoms with Crippen molar-refractivity contribution in [2.45, 2.75) is 26.3 Å². The van der Waals surface area contributed by atoms with Crippen molar-refractivity contribution in [3.05, 3.63) is 29.6 Å². The van der Waals surface area contributed by atoms with Gasteiger partial charge in [-0.2, -0.15) is 0 Å². The zero-order valence-corrected chi connectivity index (χ0v) is 11.6. The second-order valence-electron chi connectivity index (χ2n) is 4.31. The van der Waals surface area contributed by atoms with E-state index in [1.165, 1.54) is 13.2 Å². The largest absolute Gasteiger partial charge is 0.496 e. The first-order valence-electron chi connectivity index (χ1n) is 6.42. The lowest BCUT2D eigenvalue weighted by Gasteiger charge is -2.17. The fraction of sp³-hybridized carbons (Fsp3) is 0.500. The van der Waals surface area contributed by atoms with E-state index in [4.69, 9.17) is 4.74 Å². The van der Waals surface area contributed by atoms with Gasteiger partial charge in [0, 0.05) is 18.2 Å². The third kappa shape index (κ3) is 4.52. The molecule has 0 radical (unpaired) electrons. The topological polar surface area (TPSA) is 50.4 Å². The highest BCUT2D eigenvalue weighted by molar-refractivity contribution is 5.78. The van der Waals surface area contributed by atoms with Crippen LogP contribution in [0.3, 0.4) is 0 Å².